The molecule has 0 spiro atoms. The highest BCUT2D eigenvalue weighted by atomic mass is 32.2. The first-order valence-electron chi connectivity index (χ1n) is 7.83. The molecule has 0 radical (unpaired) electrons. The summed E-state index contributed by atoms with van der Waals surface area (Å²) in [5, 5.41) is 3.30. The molecule has 1 aromatic rings. The number of benzene rings is 1. The van der Waals surface area contributed by atoms with E-state index in [2.05, 4.69) is 23.9 Å². The van der Waals surface area contributed by atoms with Crippen LogP contribution in [0, 0.1) is 5.92 Å². The van der Waals surface area contributed by atoms with Crippen molar-refractivity contribution in [2.45, 2.75) is 43.9 Å². The Morgan fingerprint density at radius 3 is 2.62 bits per heavy atom. The van der Waals surface area contributed by atoms with E-state index in [0.717, 1.165) is 32.4 Å². The molecule has 1 aliphatic rings. The molecular weight excluding hydrogens is 284 g/mol. The van der Waals surface area contributed by atoms with Crippen molar-refractivity contribution in [2.24, 2.45) is 5.92 Å². The van der Waals surface area contributed by atoms with E-state index in [1.807, 2.05) is 12.1 Å². The normalized spacial score (nSPS) is 20.6. The summed E-state index contributed by atoms with van der Waals surface area (Å²) < 4.78 is 27.2. The maximum absolute atomic E-state index is 12.2. The van der Waals surface area contributed by atoms with Crippen LogP contribution in [0.4, 0.5) is 0 Å². The third-order valence-electron chi connectivity index (χ3n) is 4.38. The van der Waals surface area contributed by atoms with Crippen LogP contribution in [-0.2, 0) is 10.0 Å². The lowest BCUT2D eigenvalue weighted by atomic mass is 9.99. The third kappa shape index (κ3) is 4.53. The third-order valence-corrected chi connectivity index (χ3v) is 5.86. The molecule has 1 heterocycles. The summed E-state index contributed by atoms with van der Waals surface area (Å²) in [6.45, 7) is 6.85. The zero-order valence-corrected chi connectivity index (χ0v) is 13.7. The minimum atomic E-state index is -3.37. The first-order valence-corrected chi connectivity index (χ1v) is 9.31. The number of rotatable bonds is 7. The number of nitrogens with one attached hydrogen (secondary N) is 2. The Morgan fingerprint density at radius 1 is 1.33 bits per heavy atom. The molecule has 0 aromatic heterocycles. The van der Waals surface area contributed by atoms with Crippen LogP contribution < -0.4 is 10.0 Å². The van der Waals surface area contributed by atoms with Gasteiger partial charge < -0.3 is 5.32 Å². The predicted molar refractivity (Wildman–Crippen MR) is 85.9 cm³/mol. The van der Waals surface area contributed by atoms with Crippen LogP contribution in [0.1, 0.15) is 44.6 Å². The van der Waals surface area contributed by atoms with Crippen molar-refractivity contribution in [1.82, 2.24) is 10.0 Å². The fraction of sp³-hybridized carbons (Fsp3) is 0.625. The minimum absolute atomic E-state index is 0.360. The largest absolute Gasteiger partial charge is 0.316 e. The fourth-order valence-electron chi connectivity index (χ4n) is 2.65. The topological polar surface area (TPSA) is 58.2 Å². The standard InChI is InChI=1S/C16H26N2O2S/c1-3-13(2)15-4-6-16(7-5-15)21(19,20)18-11-9-14-8-10-17-12-14/h4-7,13-14,17-18H,3,8-12H2,1-2H3. The summed E-state index contributed by atoms with van der Waals surface area (Å²) in [6.07, 6.45) is 3.10. The van der Waals surface area contributed by atoms with Gasteiger partial charge in [0.05, 0.1) is 4.90 Å². The van der Waals surface area contributed by atoms with Gasteiger partial charge in [-0.15, -0.1) is 0 Å². The molecule has 2 unspecified atom stereocenters. The highest BCUT2D eigenvalue weighted by Gasteiger charge is 2.17. The quantitative estimate of drug-likeness (QED) is 0.813. The number of sulfonamides is 1. The van der Waals surface area contributed by atoms with Crippen LogP contribution in [0.15, 0.2) is 29.2 Å². The van der Waals surface area contributed by atoms with Gasteiger partial charge in [-0.3, -0.25) is 0 Å². The van der Waals surface area contributed by atoms with Crippen LogP contribution in [-0.4, -0.2) is 28.1 Å². The molecule has 0 saturated carbocycles. The van der Waals surface area contributed by atoms with E-state index in [4.69, 9.17) is 0 Å². The molecule has 2 rings (SSSR count). The van der Waals surface area contributed by atoms with Crippen LogP contribution in [0.25, 0.3) is 0 Å². The summed E-state index contributed by atoms with van der Waals surface area (Å²) in [4.78, 5) is 0.360. The van der Waals surface area contributed by atoms with Crippen LogP contribution in [0.5, 0.6) is 0 Å². The Labute approximate surface area is 128 Å². The lowest BCUT2D eigenvalue weighted by Crippen LogP contribution is -2.26. The molecule has 1 aromatic carbocycles. The van der Waals surface area contributed by atoms with Gasteiger partial charge in [0.15, 0.2) is 0 Å². The highest BCUT2D eigenvalue weighted by molar-refractivity contribution is 7.89. The molecular formula is C16H26N2O2S. The van der Waals surface area contributed by atoms with Crippen LogP contribution >= 0.6 is 0 Å². The minimum Gasteiger partial charge on any atom is -0.316 e. The van der Waals surface area contributed by atoms with E-state index >= 15 is 0 Å². The van der Waals surface area contributed by atoms with Gasteiger partial charge in [-0.05, 0) is 61.9 Å². The molecule has 4 nitrogen and oxygen atoms in total. The lowest BCUT2D eigenvalue weighted by Gasteiger charge is -2.12. The molecule has 0 bridgehead atoms. The molecule has 21 heavy (non-hydrogen) atoms. The smallest absolute Gasteiger partial charge is 0.240 e. The van der Waals surface area contributed by atoms with Crippen molar-refractivity contribution >= 4 is 10.0 Å². The van der Waals surface area contributed by atoms with Crippen molar-refractivity contribution < 1.29 is 8.42 Å². The second-order valence-electron chi connectivity index (χ2n) is 5.92. The summed E-state index contributed by atoms with van der Waals surface area (Å²) in [6, 6.07) is 7.26. The predicted octanol–water partition coefficient (Wildman–Crippen LogP) is 2.48. The Kier molecular flexibility index (Phi) is 5.79. The fourth-order valence-corrected chi connectivity index (χ4v) is 3.70. The first-order chi connectivity index (χ1) is 10.0. The Morgan fingerprint density at radius 2 is 2.05 bits per heavy atom. The van der Waals surface area contributed by atoms with E-state index in [0.29, 0.717) is 23.3 Å². The Bertz CT molecular complexity index is 534. The van der Waals surface area contributed by atoms with Gasteiger partial charge >= 0.3 is 0 Å². The Balaban J connectivity index is 1.92. The van der Waals surface area contributed by atoms with Crippen molar-refractivity contribution in [3.8, 4) is 0 Å². The molecule has 1 saturated heterocycles. The van der Waals surface area contributed by atoms with Gasteiger partial charge in [0.1, 0.15) is 0 Å². The summed E-state index contributed by atoms with van der Waals surface area (Å²) in [5.41, 5.74) is 1.19. The first kappa shape index (κ1) is 16.5. The van der Waals surface area contributed by atoms with Crippen molar-refractivity contribution in [3.63, 3.8) is 0 Å². The summed E-state index contributed by atoms with van der Waals surface area (Å²) in [5.74, 6) is 1.06. The zero-order valence-electron chi connectivity index (χ0n) is 12.9. The highest BCUT2D eigenvalue weighted by Crippen LogP contribution is 2.20. The molecule has 118 valence electrons. The average Bonchev–Trinajstić information content (AvgIpc) is 2.99. The molecule has 1 fully saturated rings. The van der Waals surface area contributed by atoms with Crippen LogP contribution in [0.3, 0.4) is 0 Å². The van der Waals surface area contributed by atoms with E-state index in [-0.39, 0.29) is 0 Å². The van der Waals surface area contributed by atoms with E-state index in [1.165, 1.54) is 5.56 Å². The van der Waals surface area contributed by atoms with E-state index in [9.17, 15) is 8.42 Å². The molecule has 5 heteroatoms. The second kappa shape index (κ2) is 7.38. The monoisotopic (exact) mass is 310 g/mol. The van der Waals surface area contributed by atoms with Crippen LogP contribution in [0.2, 0.25) is 0 Å². The zero-order chi connectivity index (χ0) is 15.3. The van der Waals surface area contributed by atoms with Crippen molar-refractivity contribution in [1.29, 1.82) is 0 Å². The SMILES string of the molecule is CCC(C)c1ccc(S(=O)(=O)NCCC2CCNC2)cc1. The van der Waals surface area contributed by atoms with Crippen molar-refractivity contribution in [3.05, 3.63) is 29.8 Å². The summed E-state index contributed by atoms with van der Waals surface area (Å²) in [7, 11) is -3.37. The molecule has 2 N–H and O–H groups in total. The van der Waals surface area contributed by atoms with Gasteiger partial charge in [-0.25, -0.2) is 13.1 Å². The Hall–Kier alpha value is -0.910. The molecule has 0 amide bonds. The average molecular weight is 310 g/mol. The van der Waals surface area contributed by atoms with Gasteiger partial charge in [0.25, 0.3) is 0 Å². The molecule has 0 aliphatic carbocycles. The number of hydrogen-bond donors (Lipinski definition) is 2. The van der Waals surface area contributed by atoms with Gasteiger partial charge in [0.2, 0.25) is 10.0 Å². The maximum atomic E-state index is 12.2. The van der Waals surface area contributed by atoms with Gasteiger partial charge in [0, 0.05) is 6.54 Å². The van der Waals surface area contributed by atoms with Gasteiger partial charge in [-0.2, -0.15) is 0 Å². The molecule has 1 aliphatic heterocycles. The van der Waals surface area contributed by atoms with E-state index < -0.39 is 10.0 Å². The number of hydrogen-bond acceptors (Lipinski definition) is 3. The van der Waals surface area contributed by atoms with Gasteiger partial charge in [-0.1, -0.05) is 26.0 Å². The summed E-state index contributed by atoms with van der Waals surface area (Å²) >= 11 is 0. The molecule has 2 atom stereocenters. The second-order valence-corrected chi connectivity index (χ2v) is 7.69. The van der Waals surface area contributed by atoms with Crippen molar-refractivity contribution in [2.75, 3.05) is 19.6 Å². The van der Waals surface area contributed by atoms with E-state index in [1.54, 1.807) is 12.1 Å². The maximum Gasteiger partial charge on any atom is 0.240 e. The lowest BCUT2D eigenvalue weighted by molar-refractivity contribution is 0.519.